The molecule has 0 aliphatic rings. The first-order chi connectivity index (χ1) is 10.1. The van der Waals surface area contributed by atoms with Gasteiger partial charge in [0.1, 0.15) is 5.75 Å². The second-order valence-corrected chi connectivity index (χ2v) is 4.30. The maximum atomic E-state index is 11.9. The number of urea groups is 1. The van der Waals surface area contributed by atoms with E-state index in [0.29, 0.717) is 10.8 Å². The Morgan fingerprint density at radius 3 is 2.57 bits per heavy atom. The van der Waals surface area contributed by atoms with Gasteiger partial charge in [-0.25, -0.2) is 14.5 Å². The third-order valence-corrected chi connectivity index (χ3v) is 2.61. The Morgan fingerprint density at radius 1 is 1.33 bits per heavy atom. The third kappa shape index (κ3) is 5.88. The van der Waals surface area contributed by atoms with Crippen LogP contribution >= 0.6 is 11.6 Å². The number of carbonyl (C=O) groups excluding carboxylic acids is 2. The van der Waals surface area contributed by atoms with Crippen LogP contribution in [-0.2, 0) is 4.74 Å². The topological polar surface area (TPSA) is 93.9 Å². The summed E-state index contributed by atoms with van der Waals surface area (Å²) in [5, 5.41) is 3.03. The molecule has 1 rings (SSSR count). The van der Waals surface area contributed by atoms with Crippen LogP contribution in [0.4, 0.5) is 9.59 Å². The lowest BCUT2D eigenvalue weighted by atomic mass is 10.3. The summed E-state index contributed by atoms with van der Waals surface area (Å²) in [6.07, 6.45) is -0.744. The first-order valence-corrected chi connectivity index (χ1v) is 6.76. The molecule has 0 atom stereocenters. The highest BCUT2D eigenvalue weighted by atomic mass is 35.5. The van der Waals surface area contributed by atoms with Crippen LogP contribution in [0, 0.1) is 0 Å². The van der Waals surface area contributed by atoms with Crippen LogP contribution in [0.25, 0.3) is 0 Å². The molecule has 0 radical (unpaired) electrons. The number of nitrogens with one attached hydrogen (secondary N) is 1. The van der Waals surface area contributed by atoms with E-state index in [1.165, 1.54) is 0 Å². The molecule has 0 aliphatic heterocycles. The SMILES string of the molecule is CCOC(=O)N(CCN)C(=O)NCOc1ccc(Cl)cc1. The number of rotatable bonds is 6. The minimum absolute atomic E-state index is 0.0611. The van der Waals surface area contributed by atoms with E-state index in [1.807, 2.05) is 0 Å². The summed E-state index contributed by atoms with van der Waals surface area (Å²) in [5.41, 5.74) is 5.36. The average Bonchev–Trinajstić information content (AvgIpc) is 2.47. The van der Waals surface area contributed by atoms with Crippen molar-refractivity contribution < 1.29 is 19.1 Å². The molecule has 1 aromatic rings. The molecule has 0 heterocycles. The molecule has 116 valence electrons. The minimum Gasteiger partial charge on any atom is -0.473 e. The molecule has 0 saturated heterocycles. The first-order valence-electron chi connectivity index (χ1n) is 6.39. The Balaban J connectivity index is 2.45. The molecule has 8 heteroatoms. The van der Waals surface area contributed by atoms with Crippen LogP contribution in [0.1, 0.15) is 6.92 Å². The number of hydrogen-bond acceptors (Lipinski definition) is 5. The van der Waals surface area contributed by atoms with Gasteiger partial charge in [0.2, 0.25) is 0 Å². The maximum Gasteiger partial charge on any atom is 0.418 e. The van der Waals surface area contributed by atoms with E-state index in [1.54, 1.807) is 31.2 Å². The number of nitrogens with zero attached hydrogens (tertiary/aromatic N) is 1. The Labute approximate surface area is 127 Å². The summed E-state index contributed by atoms with van der Waals surface area (Å²) in [4.78, 5) is 24.3. The second kappa shape index (κ2) is 9.04. The average molecular weight is 316 g/mol. The number of imide groups is 1. The molecule has 7 nitrogen and oxygen atoms in total. The monoisotopic (exact) mass is 315 g/mol. The number of nitrogens with two attached hydrogens (primary N) is 1. The predicted octanol–water partition coefficient (Wildman–Crippen LogP) is 1.80. The zero-order valence-electron chi connectivity index (χ0n) is 11.7. The highest BCUT2D eigenvalue weighted by molar-refractivity contribution is 6.30. The fourth-order valence-electron chi connectivity index (χ4n) is 1.41. The van der Waals surface area contributed by atoms with E-state index < -0.39 is 12.1 Å². The summed E-state index contributed by atoms with van der Waals surface area (Å²) in [6, 6.07) is 6.03. The molecule has 0 aromatic heterocycles. The van der Waals surface area contributed by atoms with Gasteiger partial charge < -0.3 is 20.5 Å². The molecule has 0 saturated carbocycles. The van der Waals surface area contributed by atoms with E-state index in [-0.39, 0.29) is 26.4 Å². The van der Waals surface area contributed by atoms with E-state index in [9.17, 15) is 9.59 Å². The highest BCUT2D eigenvalue weighted by Gasteiger charge is 2.21. The summed E-state index contributed by atoms with van der Waals surface area (Å²) in [6.45, 7) is 1.94. The van der Waals surface area contributed by atoms with Gasteiger partial charge in [0.15, 0.2) is 6.73 Å². The van der Waals surface area contributed by atoms with Gasteiger partial charge in [0, 0.05) is 18.1 Å². The van der Waals surface area contributed by atoms with Crippen LogP contribution in [0.3, 0.4) is 0 Å². The van der Waals surface area contributed by atoms with Crippen LogP contribution < -0.4 is 15.8 Å². The predicted molar refractivity (Wildman–Crippen MR) is 78.3 cm³/mol. The summed E-state index contributed by atoms with van der Waals surface area (Å²) < 4.78 is 10.1. The quantitative estimate of drug-likeness (QED) is 0.781. The van der Waals surface area contributed by atoms with E-state index in [0.717, 1.165) is 4.90 Å². The number of carbonyl (C=O) groups is 2. The summed E-state index contributed by atoms with van der Waals surface area (Å²) in [5.74, 6) is 0.543. The van der Waals surface area contributed by atoms with Crippen molar-refractivity contribution >= 4 is 23.7 Å². The van der Waals surface area contributed by atoms with Gasteiger partial charge in [-0.3, -0.25) is 0 Å². The number of hydrogen-bond donors (Lipinski definition) is 2. The van der Waals surface area contributed by atoms with Crippen molar-refractivity contribution in [1.29, 1.82) is 0 Å². The van der Waals surface area contributed by atoms with Crippen molar-refractivity contribution in [3.8, 4) is 5.75 Å². The van der Waals surface area contributed by atoms with E-state index in [2.05, 4.69) is 5.32 Å². The lowest BCUT2D eigenvalue weighted by Gasteiger charge is -2.19. The van der Waals surface area contributed by atoms with Gasteiger partial charge in [-0.2, -0.15) is 0 Å². The fourth-order valence-corrected chi connectivity index (χ4v) is 1.54. The van der Waals surface area contributed by atoms with Crippen molar-refractivity contribution in [2.75, 3.05) is 26.4 Å². The fraction of sp³-hybridized carbons (Fsp3) is 0.385. The second-order valence-electron chi connectivity index (χ2n) is 3.86. The Kier molecular flexibility index (Phi) is 7.34. The molecule has 0 fully saturated rings. The lowest BCUT2D eigenvalue weighted by molar-refractivity contribution is 0.113. The zero-order chi connectivity index (χ0) is 15.7. The van der Waals surface area contributed by atoms with Crippen LogP contribution in [-0.4, -0.2) is 43.5 Å². The number of halogens is 1. The van der Waals surface area contributed by atoms with Crippen molar-refractivity contribution in [2.24, 2.45) is 5.73 Å². The minimum atomic E-state index is -0.744. The molecule has 0 spiro atoms. The molecular weight excluding hydrogens is 298 g/mol. The molecule has 3 amide bonds. The number of amides is 3. The normalized spacial score (nSPS) is 9.86. The van der Waals surface area contributed by atoms with Gasteiger partial charge in [0.25, 0.3) is 0 Å². The van der Waals surface area contributed by atoms with Crippen LogP contribution in [0.5, 0.6) is 5.75 Å². The van der Waals surface area contributed by atoms with Gasteiger partial charge in [-0.1, -0.05) is 11.6 Å². The van der Waals surface area contributed by atoms with Crippen LogP contribution in [0.15, 0.2) is 24.3 Å². The van der Waals surface area contributed by atoms with Crippen molar-refractivity contribution in [1.82, 2.24) is 10.2 Å². The van der Waals surface area contributed by atoms with Gasteiger partial charge in [0.05, 0.1) is 6.61 Å². The van der Waals surface area contributed by atoms with Crippen LogP contribution in [0.2, 0.25) is 5.02 Å². The Morgan fingerprint density at radius 2 is 2.00 bits per heavy atom. The Bertz CT molecular complexity index is 467. The molecule has 0 unspecified atom stereocenters. The molecular formula is C13H18ClN3O4. The number of benzene rings is 1. The Hall–Kier alpha value is -1.99. The van der Waals surface area contributed by atoms with Crippen molar-refractivity contribution in [2.45, 2.75) is 6.92 Å². The van der Waals surface area contributed by atoms with Gasteiger partial charge in [-0.05, 0) is 31.2 Å². The van der Waals surface area contributed by atoms with E-state index >= 15 is 0 Å². The van der Waals surface area contributed by atoms with Gasteiger partial charge >= 0.3 is 12.1 Å². The molecule has 0 aliphatic carbocycles. The smallest absolute Gasteiger partial charge is 0.418 e. The zero-order valence-corrected chi connectivity index (χ0v) is 12.4. The highest BCUT2D eigenvalue weighted by Crippen LogP contribution is 2.14. The molecule has 1 aromatic carbocycles. The standard InChI is InChI=1S/C13H18ClN3O4/c1-2-20-13(19)17(8-7-15)12(18)16-9-21-11-5-3-10(14)4-6-11/h3-6H,2,7-9,15H2,1H3,(H,16,18). The third-order valence-electron chi connectivity index (χ3n) is 2.36. The first kappa shape index (κ1) is 17.1. The largest absolute Gasteiger partial charge is 0.473 e. The maximum absolute atomic E-state index is 11.9. The van der Waals surface area contributed by atoms with E-state index in [4.69, 9.17) is 26.8 Å². The molecule has 0 bridgehead atoms. The summed E-state index contributed by atoms with van der Waals surface area (Å²) in [7, 11) is 0. The van der Waals surface area contributed by atoms with Crippen molar-refractivity contribution in [3.63, 3.8) is 0 Å². The molecule has 3 N–H and O–H groups in total. The van der Waals surface area contributed by atoms with Crippen molar-refractivity contribution in [3.05, 3.63) is 29.3 Å². The molecule has 21 heavy (non-hydrogen) atoms. The van der Waals surface area contributed by atoms with Gasteiger partial charge in [-0.15, -0.1) is 0 Å². The lowest BCUT2D eigenvalue weighted by Crippen LogP contribution is -2.47. The number of ether oxygens (including phenoxy) is 2. The summed E-state index contributed by atoms with van der Waals surface area (Å²) >= 11 is 5.74.